The number of aromatic nitrogens is 1. The summed E-state index contributed by atoms with van der Waals surface area (Å²) in [6, 6.07) is -0.0133. The second kappa shape index (κ2) is 4.06. The van der Waals surface area contributed by atoms with Gasteiger partial charge in [0.15, 0.2) is 5.13 Å². The molecule has 0 unspecified atom stereocenters. The van der Waals surface area contributed by atoms with Gasteiger partial charge in [-0.05, 0) is 6.42 Å². The molecule has 0 saturated heterocycles. The van der Waals surface area contributed by atoms with Gasteiger partial charge in [0.25, 0.3) is 0 Å². The number of anilines is 1. The van der Waals surface area contributed by atoms with Crippen LogP contribution in [0.2, 0.25) is 0 Å². The van der Waals surface area contributed by atoms with Gasteiger partial charge in [-0.15, -0.1) is 11.3 Å². The fraction of sp³-hybridized carbons (Fsp3) is 0.556. The minimum Gasteiger partial charge on any atom is -0.375 e. The smallest absolute Gasteiger partial charge is 0.318 e. The molecule has 82 valence electrons. The SMILES string of the molecule is CCCNC(=O)N1Cc2nc(N)sc2C1. The highest BCUT2D eigenvalue weighted by atomic mass is 32.1. The lowest BCUT2D eigenvalue weighted by atomic mass is 10.4. The molecule has 0 fully saturated rings. The van der Waals surface area contributed by atoms with Crippen molar-refractivity contribution in [1.29, 1.82) is 0 Å². The van der Waals surface area contributed by atoms with Gasteiger partial charge in [-0.1, -0.05) is 6.92 Å². The third-order valence-corrected chi connectivity index (χ3v) is 3.19. The second-order valence-electron chi connectivity index (χ2n) is 3.51. The molecule has 0 aromatic carbocycles. The van der Waals surface area contributed by atoms with Crippen LogP contribution >= 0.6 is 11.3 Å². The highest BCUT2D eigenvalue weighted by Crippen LogP contribution is 2.29. The van der Waals surface area contributed by atoms with E-state index >= 15 is 0 Å². The first-order valence-corrected chi connectivity index (χ1v) is 5.79. The highest BCUT2D eigenvalue weighted by molar-refractivity contribution is 7.15. The summed E-state index contributed by atoms with van der Waals surface area (Å²) in [7, 11) is 0. The van der Waals surface area contributed by atoms with Crippen LogP contribution in [0, 0.1) is 0 Å². The first-order chi connectivity index (χ1) is 7.20. The minimum absolute atomic E-state index is 0.0133. The van der Waals surface area contributed by atoms with Crippen molar-refractivity contribution in [3.8, 4) is 0 Å². The Kier molecular flexibility index (Phi) is 2.77. The maximum absolute atomic E-state index is 11.6. The van der Waals surface area contributed by atoms with E-state index in [0.717, 1.165) is 23.5 Å². The number of carbonyl (C=O) groups is 1. The molecule has 0 atom stereocenters. The summed E-state index contributed by atoms with van der Waals surface area (Å²) in [5, 5.41) is 3.44. The zero-order valence-corrected chi connectivity index (χ0v) is 9.43. The van der Waals surface area contributed by atoms with Gasteiger partial charge in [-0.3, -0.25) is 0 Å². The number of nitrogen functional groups attached to an aromatic ring is 1. The van der Waals surface area contributed by atoms with Crippen molar-refractivity contribution in [3.63, 3.8) is 0 Å². The molecule has 6 heteroatoms. The Bertz CT molecular complexity index is 353. The van der Waals surface area contributed by atoms with Crippen molar-refractivity contribution in [2.75, 3.05) is 12.3 Å². The molecule has 1 aliphatic heterocycles. The van der Waals surface area contributed by atoms with Crippen LogP contribution in [0.5, 0.6) is 0 Å². The topological polar surface area (TPSA) is 71.2 Å². The Morgan fingerprint density at radius 2 is 2.47 bits per heavy atom. The summed E-state index contributed by atoms with van der Waals surface area (Å²) in [4.78, 5) is 18.7. The standard InChI is InChI=1S/C9H14N4OS/c1-2-3-11-9(14)13-4-6-7(5-13)15-8(10)12-6/h2-5H2,1H3,(H2,10,12)(H,11,14). The van der Waals surface area contributed by atoms with E-state index in [1.165, 1.54) is 11.3 Å². The van der Waals surface area contributed by atoms with Gasteiger partial charge in [-0.2, -0.15) is 0 Å². The predicted octanol–water partition coefficient (Wildman–Crippen LogP) is 1.16. The van der Waals surface area contributed by atoms with E-state index in [-0.39, 0.29) is 6.03 Å². The molecule has 0 radical (unpaired) electrons. The molecule has 1 aromatic rings. The fourth-order valence-corrected chi connectivity index (χ4v) is 2.40. The molecular formula is C9H14N4OS. The number of nitrogens with zero attached hydrogens (tertiary/aromatic N) is 2. The van der Waals surface area contributed by atoms with Crippen LogP contribution in [-0.2, 0) is 13.1 Å². The summed E-state index contributed by atoms with van der Waals surface area (Å²) in [5.41, 5.74) is 6.53. The zero-order chi connectivity index (χ0) is 10.8. The number of fused-ring (bicyclic) bond motifs is 1. The van der Waals surface area contributed by atoms with Crippen molar-refractivity contribution in [2.24, 2.45) is 0 Å². The maximum Gasteiger partial charge on any atom is 0.318 e. The number of nitrogens with two attached hydrogens (primary N) is 1. The summed E-state index contributed by atoms with van der Waals surface area (Å²) >= 11 is 1.47. The molecule has 5 nitrogen and oxygen atoms in total. The van der Waals surface area contributed by atoms with Gasteiger partial charge in [0.1, 0.15) is 0 Å². The van der Waals surface area contributed by atoms with Gasteiger partial charge < -0.3 is 16.0 Å². The van der Waals surface area contributed by atoms with Gasteiger partial charge in [0, 0.05) is 6.54 Å². The van der Waals surface area contributed by atoms with Gasteiger partial charge in [-0.25, -0.2) is 9.78 Å². The summed E-state index contributed by atoms with van der Waals surface area (Å²) in [5.74, 6) is 0. The number of rotatable bonds is 2. The van der Waals surface area contributed by atoms with E-state index in [9.17, 15) is 4.79 Å². The molecule has 2 amide bonds. The van der Waals surface area contributed by atoms with E-state index in [4.69, 9.17) is 5.73 Å². The Labute approximate surface area is 92.3 Å². The van der Waals surface area contributed by atoms with E-state index < -0.39 is 0 Å². The number of hydrogen-bond donors (Lipinski definition) is 2. The van der Waals surface area contributed by atoms with Gasteiger partial charge >= 0.3 is 6.03 Å². The lowest BCUT2D eigenvalue weighted by Gasteiger charge is -2.15. The molecule has 3 N–H and O–H groups in total. The van der Waals surface area contributed by atoms with E-state index in [0.29, 0.717) is 18.2 Å². The van der Waals surface area contributed by atoms with Crippen molar-refractivity contribution >= 4 is 22.5 Å². The minimum atomic E-state index is -0.0133. The first-order valence-electron chi connectivity index (χ1n) is 4.97. The molecule has 2 rings (SSSR count). The number of urea groups is 1. The highest BCUT2D eigenvalue weighted by Gasteiger charge is 2.26. The third kappa shape index (κ3) is 2.04. The molecule has 0 spiro atoms. The molecule has 15 heavy (non-hydrogen) atoms. The quantitative estimate of drug-likeness (QED) is 0.795. The van der Waals surface area contributed by atoms with Crippen molar-refractivity contribution in [3.05, 3.63) is 10.6 Å². The van der Waals surface area contributed by atoms with Gasteiger partial charge in [0.2, 0.25) is 0 Å². The predicted molar refractivity (Wildman–Crippen MR) is 59.5 cm³/mol. The van der Waals surface area contributed by atoms with Crippen molar-refractivity contribution < 1.29 is 4.79 Å². The number of thiazole rings is 1. The third-order valence-electron chi connectivity index (χ3n) is 2.28. The Balaban J connectivity index is 1.95. The summed E-state index contributed by atoms with van der Waals surface area (Å²) in [6.45, 7) is 3.97. The summed E-state index contributed by atoms with van der Waals surface area (Å²) < 4.78 is 0. The van der Waals surface area contributed by atoms with Crippen molar-refractivity contribution in [1.82, 2.24) is 15.2 Å². The average Bonchev–Trinajstić information content (AvgIpc) is 2.70. The summed E-state index contributed by atoms with van der Waals surface area (Å²) in [6.07, 6.45) is 0.951. The molecule has 0 bridgehead atoms. The fourth-order valence-electron chi connectivity index (χ4n) is 1.55. The number of hydrogen-bond acceptors (Lipinski definition) is 4. The monoisotopic (exact) mass is 226 g/mol. The van der Waals surface area contributed by atoms with Crippen LogP contribution in [0.1, 0.15) is 23.9 Å². The number of carbonyl (C=O) groups excluding carboxylic acids is 1. The number of nitrogens with one attached hydrogen (secondary N) is 1. The number of amides is 2. The van der Waals surface area contributed by atoms with Crippen LogP contribution in [0.4, 0.5) is 9.93 Å². The molecule has 2 heterocycles. The second-order valence-corrected chi connectivity index (χ2v) is 4.63. The van der Waals surface area contributed by atoms with Crippen LogP contribution < -0.4 is 11.1 Å². The lowest BCUT2D eigenvalue weighted by molar-refractivity contribution is 0.198. The van der Waals surface area contributed by atoms with E-state index in [1.807, 2.05) is 6.92 Å². The maximum atomic E-state index is 11.6. The Hall–Kier alpha value is -1.30. The van der Waals surface area contributed by atoms with E-state index in [1.54, 1.807) is 4.90 Å². The molecular weight excluding hydrogens is 212 g/mol. The van der Waals surface area contributed by atoms with E-state index in [2.05, 4.69) is 10.3 Å². The largest absolute Gasteiger partial charge is 0.375 e. The van der Waals surface area contributed by atoms with Gasteiger partial charge in [0.05, 0.1) is 23.7 Å². The van der Waals surface area contributed by atoms with Crippen LogP contribution in [0.3, 0.4) is 0 Å². The van der Waals surface area contributed by atoms with Crippen LogP contribution in [0.25, 0.3) is 0 Å². The first kappa shape index (κ1) is 10.2. The Morgan fingerprint density at radius 1 is 1.67 bits per heavy atom. The van der Waals surface area contributed by atoms with Crippen LogP contribution in [0.15, 0.2) is 0 Å². The Morgan fingerprint density at radius 3 is 3.13 bits per heavy atom. The average molecular weight is 226 g/mol. The molecule has 0 saturated carbocycles. The lowest BCUT2D eigenvalue weighted by Crippen LogP contribution is -2.36. The van der Waals surface area contributed by atoms with Crippen LogP contribution in [-0.4, -0.2) is 22.5 Å². The molecule has 0 aliphatic carbocycles. The van der Waals surface area contributed by atoms with Crippen molar-refractivity contribution in [2.45, 2.75) is 26.4 Å². The zero-order valence-electron chi connectivity index (χ0n) is 8.62. The molecule has 1 aromatic heterocycles. The normalized spacial score (nSPS) is 14.1. The molecule has 1 aliphatic rings.